The van der Waals surface area contributed by atoms with E-state index in [1.807, 2.05) is 52.0 Å². The Morgan fingerprint density at radius 2 is 2.06 bits per heavy atom. The molecule has 2 atom stereocenters. The van der Waals surface area contributed by atoms with Crippen molar-refractivity contribution < 1.29 is 19.4 Å². The number of pyridine rings is 1. The number of anilines is 1. The van der Waals surface area contributed by atoms with Crippen molar-refractivity contribution in [1.29, 1.82) is 0 Å². The van der Waals surface area contributed by atoms with E-state index >= 15 is 0 Å². The number of hydrogen-bond donors (Lipinski definition) is 3. The highest BCUT2D eigenvalue weighted by Crippen LogP contribution is 2.34. The van der Waals surface area contributed by atoms with Gasteiger partial charge in [0, 0.05) is 19.0 Å². The minimum Gasteiger partial charge on any atom is -0.365 e. The molecule has 3 N–H and O–H groups in total. The number of rotatable bonds is 11. The molecule has 2 rings (SSSR count). The van der Waals surface area contributed by atoms with Gasteiger partial charge in [0.05, 0.1) is 5.92 Å². The number of halogens is 1. The van der Waals surface area contributed by atoms with Crippen molar-refractivity contribution in [2.45, 2.75) is 78.7 Å². The number of amides is 1. The van der Waals surface area contributed by atoms with Gasteiger partial charge in [0.15, 0.2) is 5.79 Å². The molecule has 0 aromatic carbocycles. The van der Waals surface area contributed by atoms with Crippen molar-refractivity contribution in [3.8, 4) is 0 Å². The molecular formula is C27H37FN2O3. The van der Waals surface area contributed by atoms with Crippen LogP contribution in [0.1, 0.15) is 70.9 Å². The predicted molar refractivity (Wildman–Crippen MR) is 132 cm³/mol. The van der Waals surface area contributed by atoms with E-state index in [9.17, 15) is 19.4 Å². The summed E-state index contributed by atoms with van der Waals surface area (Å²) >= 11 is 0. The Morgan fingerprint density at radius 3 is 2.61 bits per heavy atom. The lowest BCUT2D eigenvalue weighted by Gasteiger charge is -2.20. The van der Waals surface area contributed by atoms with E-state index in [0.29, 0.717) is 18.7 Å². The lowest BCUT2D eigenvalue weighted by atomic mass is 9.93. The van der Waals surface area contributed by atoms with Gasteiger partial charge in [-0.3, -0.25) is 4.79 Å². The van der Waals surface area contributed by atoms with E-state index in [1.54, 1.807) is 12.3 Å². The molecule has 2 unspecified atom stereocenters. The number of aromatic nitrogens is 1. The summed E-state index contributed by atoms with van der Waals surface area (Å²) < 4.78 is 13.1. The maximum Gasteiger partial charge on any atom is 0.231 e. The van der Waals surface area contributed by atoms with E-state index in [4.69, 9.17) is 0 Å². The summed E-state index contributed by atoms with van der Waals surface area (Å²) in [4.78, 5) is 16.3. The number of hydrogen-bond acceptors (Lipinski definition) is 4. The average molecular weight is 457 g/mol. The lowest BCUT2D eigenvalue weighted by Crippen LogP contribution is -2.26. The number of carbonyl (C=O) groups excluding carboxylic acids is 1. The number of nitrogens with one attached hydrogen (secondary N) is 1. The van der Waals surface area contributed by atoms with Crippen molar-refractivity contribution in [1.82, 2.24) is 4.98 Å². The third-order valence-corrected chi connectivity index (χ3v) is 5.71. The fraction of sp³-hybridized carbons (Fsp3) is 0.481. The number of aliphatic hydroxyl groups is 2. The SMILES string of the molecule is C/C=C(C(\C)=C/CC(O)(O)CCC)/C(/C=C/CC)=C/c1cnc(NC(=O)C2CC2F)cc1C. The predicted octanol–water partition coefficient (Wildman–Crippen LogP) is 5.80. The van der Waals surface area contributed by atoms with Gasteiger partial charge in [-0.2, -0.15) is 0 Å². The normalized spacial score (nSPS) is 19.8. The van der Waals surface area contributed by atoms with Crippen molar-refractivity contribution in [3.05, 3.63) is 64.4 Å². The van der Waals surface area contributed by atoms with Gasteiger partial charge >= 0.3 is 0 Å². The van der Waals surface area contributed by atoms with Crippen LogP contribution in [0.15, 0.2) is 53.3 Å². The van der Waals surface area contributed by atoms with E-state index in [1.165, 1.54) is 0 Å². The molecule has 6 heteroatoms. The Kier molecular flexibility index (Phi) is 9.74. The summed E-state index contributed by atoms with van der Waals surface area (Å²) in [6, 6.07) is 1.79. The Hall–Kier alpha value is -2.57. The second-order valence-electron chi connectivity index (χ2n) is 8.71. The molecule has 33 heavy (non-hydrogen) atoms. The molecule has 0 radical (unpaired) electrons. The van der Waals surface area contributed by atoms with E-state index in [2.05, 4.69) is 23.3 Å². The summed E-state index contributed by atoms with van der Waals surface area (Å²) in [5, 5.41) is 22.9. The Labute approximate surface area is 196 Å². The van der Waals surface area contributed by atoms with Crippen LogP contribution in [0.4, 0.5) is 10.2 Å². The third kappa shape index (κ3) is 8.06. The van der Waals surface area contributed by atoms with Gasteiger partial charge in [0.25, 0.3) is 0 Å². The molecular weight excluding hydrogens is 419 g/mol. The van der Waals surface area contributed by atoms with Gasteiger partial charge in [-0.05, 0) is 73.6 Å². The molecule has 0 saturated heterocycles. The van der Waals surface area contributed by atoms with Crippen LogP contribution >= 0.6 is 0 Å². The van der Waals surface area contributed by atoms with Gasteiger partial charge in [0.1, 0.15) is 12.0 Å². The van der Waals surface area contributed by atoms with Gasteiger partial charge in [-0.15, -0.1) is 0 Å². The van der Waals surface area contributed by atoms with Crippen LogP contribution in [0, 0.1) is 12.8 Å². The molecule has 1 amide bonds. The van der Waals surface area contributed by atoms with Crippen LogP contribution in [0.3, 0.4) is 0 Å². The minimum absolute atomic E-state index is 0.157. The fourth-order valence-corrected chi connectivity index (χ4v) is 3.62. The van der Waals surface area contributed by atoms with Crippen LogP contribution in [-0.2, 0) is 4.79 Å². The van der Waals surface area contributed by atoms with Crippen molar-refractivity contribution in [2.24, 2.45) is 5.92 Å². The number of aryl methyl sites for hydroxylation is 1. The zero-order chi connectivity index (χ0) is 24.6. The summed E-state index contributed by atoms with van der Waals surface area (Å²) in [6.07, 6.45) is 13.0. The van der Waals surface area contributed by atoms with Crippen LogP contribution in [0.25, 0.3) is 6.08 Å². The zero-order valence-electron chi connectivity index (χ0n) is 20.4. The fourth-order valence-electron chi connectivity index (χ4n) is 3.62. The highest BCUT2D eigenvalue weighted by atomic mass is 19.1. The minimum atomic E-state index is -1.71. The summed E-state index contributed by atoms with van der Waals surface area (Å²) in [6.45, 7) is 9.84. The van der Waals surface area contributed by atoms with Crippen LogP contribution in [0.5, 0.6) is 0 Å². The largest absolute Gasteiger partial charge is 0.365 e. The van der Waals surface area contributed by atoms with E-state index in [-0.39, 0.29) is 18.7 Å². The monoisotopic (exact) mass is 456 g/mol. The maximum atomic E-state index is 13.1. The average Bonchev–Trinajstić information content (AvgIpc) is 3.49. The number of alkyl halides is 1. The standard InChI is InChI=1S/C27H37FN2O3/c1-6-9-10-20(22(8-3)18(4)11-13-27(32,33)12-7-2)15-21-17-29-25(14-19(21)5)30-26(31)23-16-24(23)28/h8-11,14-15,17,23-24,32-33H,6-7,12-13,16H2,1-5H3,(H,29,30,31)/b10-9+,18-11-,20-15+,22-8+. The lowest BCUT2D eigenvalue weighted by molar-refractivity contribution is -0.162. The van der Waals surface area contributed by atoms with Gasteiger partial charge in [-0.25, -0.2) is 9.37 Å². The van der Waals surface area contributed by atoms with Crippen LogP contribution in [-0.4, -0.2) is 33.1 Å². The smallest absolute Gasteiger partial charge is 0.231 e. The zero-order valence-corrected chi connectivity index (χ0v) is 20.4. The molecule has 0 aliphatic heterocycles. The highest BCUT2D eigenvalue weighted by Gasteiger charge is 2.43. The molecule has 0 bridgehead atoms. The van der Waals surface area contributed by atoms with Gasteiger partial charge in [-0.1, -0.05) is 44.6 Å². The van der Waals surface area contributed by atoms with Crippen molar-refractivity contribution in [2.75, 3.05) is 5.32 Å². The Morgan fingerprint density at radius 1 is 1.36 bits per heavy atom. The topological polar surface area (TPSA) is 82.4 Å². The molecule has 1 aliphatic rings. The Balaban J connectivity index is 2.29. The molecule has 1 aliphatic carbocycles. The quantitative estimate of drug-likeness (QED) is 0.290. The summed E-state index contributed by atoms with van der Waals surface area (Å²) in [5.41, 5.74) is 4.75. The molecule has 1 aromatic rings. The van der Waals surface area contributed by atoms with Crippen molar-refractivity contribution in [3.63, 3.8) is 0 Å². The molecule has 0 spiro atoms. The van der Waals surface area contributed by atoms with Crippen molar-refractivity contribution >= 4 is 17.8 Å². The van der Waals surface area contributed by atoms with Gasteiger partial charge in [0.2, 0.25) is 5.91 Å². The van der Waals surface area contributed by atoms with Crippen LogP contribution < -0.4 is 5.32 Å². The molecule has 5 nitrogen and oxygen atoms in total. The molecule has 1 saturated carbocycles. The molecule has 1 aromatic heterocycles. The molecule has 1 fully saturated rings. The first-order valence-corrected chi connectivity index (χ1v) is 11.7. The van der Waals surface area contributed by atoms with Gasteiger partial charge < -0.3 is 15.5 Å². The first kappa shape index (κ1) is 26.7. The number of nitrogens with zero attached hydrogens (tertiary/aromatic N) is 1. The third-order valence-electron chi connectivity index (χ3n) is 5.71. The Bertz CT molecular complexity index is 960. The molecule has 1 heterocycles. The number of carbonyl (C=O) groups is 1. The number of allylic oxidation sites excluding steroid dienone is 6. The highest BCUT2D eigenvalue weighted by molar-refractivity contribution is 5.94. The van der Waals surface area contributed by atoms with E-state index < -0.39 is 17.9 Å². The summed E-state index contributed by atoms with van der Waals surface area (Å²) in [5.74, 6) is -2.17. The second kappa shape index (κ2) is 12.1. The summed E-state index contributed by atoms with van der Waals surface area (Å²) in [7, 11) is 0. The first-order valence-electron chi connectivity index (χ1n) is 11.7. The first-order chi connectivity index (χ1) is 15.6. The maximum absolute atomic E-state index is 13.1. The van der Waals surface area contributed by atoms with Crippen LogP contribution in [0.2, 0.25) is 0 Å². The second-order valence-corrected chi connectivity index (χ2v) is 8.71. The van der Waals surface area contributed by atoms with E-state index in [0.717, 1.165) is 34.3 Å². The molecule has 180 valence electrons.